The summed E-state index contributed by atoms with van der Waals surface area (Å²) >= 11 is 0. The molecule has 0 aromatic carbocycles. The minimum absolute atomic E-state index is 0.512. The summed E-state index contributed by atoms with van der Waals surface area (Å²) in [6.07, 6.45) is 10.8. The molecule has 2 N–H and O–H groups in total. The highest BCUT2D eigenvalue weighted by Crippen LogP contribution is 2.24. The molecule has 0 unspecified atom stereocenters. The summed E-state index contributed by atoms with van der Waals surface area (Å²) < 4.78 is 0. The van der Waals surface area contributed by atoms with Crippen LogP contribution in [0.25, 0.3) is 5.57 Å². The number of rotatable bonds is 2. The van der Waals surface area contributed by atoms with E-state index in [1.54, 1.807) is 6.21 Å². The van der Waals surface area contributed by atoms with Crippen molar-refractivity contribution in [2.45, 2.75) is 25.2 Å². The summed E-state index contributed by atoms with van der Waals surface area (Å²) in [4.78, 5) is 7.53. The van der Waals surface area contributed by atoms with E-state index in [9.17, 15) is 0 Å². The quantitative estimate of drug-likeness (QED) is 0.830. The fraction of sp³-hybridized carbons (Fsp3) is 0.462. The maximum absolute atomic E-state index is 4.30. The maximum Gasteiger partial charge on any atom is 0.159 e. The molecule has 3 rings (SSSR count). The zero-order valence-corrected chi connectivity index (χ0v) is 10.3. The van der Waals surface area contributed by atoms with E-state index in [-0.39, 0.29) is 0 Å². The normalized spacial score (nSPS) is 20.8. The Labute approximate surface area is 106 Å². The molecule has 0 radical (unpaired) electrons. The van der Waals surface area contributed by atoms with Crippen LogP contribution in [0.5, 0.6) is 0 Å². The molecule has 1 saturated heterocycles. The number of hydrogen-bond acceptors (Lipinski definition) is 4. The monoisotopic (exact) mass is 243 g/mol. The first-order chi connectivity index (χ1) is 8.93. The van der Waals surface area contributed by atoms with Crippen molar-refractivity contribution in [1.29, 1.82) is 0 Å². The summed E-state index contributed by atoms with van der Waals surface area (Å²) in [7, 11) is 0. The Hall–Kier alpha value is -1.75. The first kappa shape index (κ1) is 11.3. The maximum atomic E-state index is 4.30. The van der Waals surface area contributed by atoms with Gasteiger partial charge in [-0.2, -0.15) is 0 Å². The largest absolute Gasteiger partial charge is 0.325 e. The smallest absolute Gasteiger partial charge is 0.159 e. The standard InChI is InChI=1S/C13H17N5/c1-2-6-15-9-11(3-1)13-16-12(17-18-13)10-4-7-14-8-5-10/h1-2,6,9-10,14H,3-5,7-8H2,(H,16,17,18). The molecule has 0 saturated carbocycles. The molecular weight excluding hydrogens is 226 g/mol. The van der Waals surface area contributed by atoms with Gasteiger partial charge in [0.1, 0.15) is 5.82 Å². The second-order valence-electron chi connectivity index (χ2n) is 4.67. The van der Waals surface area contributed by atoms with Gasteiger partial charge in [-0.15, -0.1) is 10.2 Å². The molecule has 18 heavy (non-hydrogen) atoms. The van der Waals surface area contributed by atoms with E-state index >= 15 is 0 Å². The minimum atomic E-state index is 0.512. The Bertz CT molecular complexity index is 491. The molecule has 2 aliphatic heterocycles. The van der Waals surface area contributed by atoms with Gasteiger partial charge in [0.05, 0.1) is 0 Å². The van der Waals surface area contributed by atoms with Crippen LogP contribution in [-0.2, 0) is 0 Å². The van der Waals surface area contributed by atoms with E-state index in [4.69, 9.17) is 0 Å². The second kappa shape index (κ2) is 5.27. The third kappa shape index (κ3) is 2.41. The molecule has 3 heterocycles. The molecule has 2 aliphatic rings. The van der Waals surface area contributed by atoms with Crippen LogP contribution in [0.15, 0.2) is 23.3 Å². The van der Waals surface area contributed by atoms with Crippen molar-refractivity contribution in [2.75, 3.05) is 13.1 Å². The van der Waals surface area contributed by atoms with Gasteiger partial charge in [-0.3, -0.25) is 4.99 Å². The van der Waals surface area contributed by atoms with Gasteiger partial charge < -0.3 is 10.3 Å². The third-order valence-corrected chi connectivity index (χ3v) is 3.41. The Morgan fingerprint density at radius 2 is 2.06 bits per heavy atom. The number of piperidine rings is 1. The Balaban J connectivity index is 1.78. The van der Waals surface area contributed by atoms with Crippen LogP contribution in [-0.4, -0.2) is 34.5 Å². The summed E-state index contributed by atoms with van der Waals surface area (Å²) in [6, 6.07) is 0. The predicted octanol–water partition coefficient (Wildman–Crippen LogP) is 1.64. The van der Waals surface area contributed by atoms with Crippen molar-refractivity contribution in [3.05, 3.63) is 30.0 Å². The van der Waals surface area contributed by atoms with Gasteiger partial charge in [0.15, 0.2) is 5.82 Å². The van der Waals surface area contributed by atoms with Crippen molar-refractivity contribution in [3.8, 4) is 0 Å². The predicted molar refractivity (Wildman–Crippen MR) is 71.5 cm³/mol. The highest BCUT2D eigenvalue weighted by atomic mass is 15.2. The molecule has 1 fully saturated rings. The van der Waals surface area contributed by atoms with Crippen LogP contribution in [0.3, 0.4) is 0 Å². The summed E-state index contributed by atoms with van der Waals surface area (Å²) in [6.45, 7) is 2.13. The van der Waals surface area contributed by atoms with Crippen LogP contribution in [0.2, 0.25) is 0 Å². The highest BCUT2D eigenvalue weighted by molar-refractivity contribution is 5.76. The van der Waals surface area contributed by atoms with E-state index in [2.05, 4.69) is 31.6 Å². The number of allylic oxidation sites excluding steroid dienone is 3. The molecule has 0 atom stereocenters. The van der Waals surface area contributed by atoms with Gasteiger partial charge in [0.2, 0.25) is 0 Å². The van der Waals surface area contributed by atoms with Crippen molar-refractivity contribution >= 4 is 11.8 Å². The number of H-pyrrole nitrogens is 1. The Morgan fingerprint density at radius 1 is 1.17 bits per heavy atom. The topological polar surface area (TPSA) is 66.0 Å². The van der Waals surface area contributed by atoms with Crippen LogP contribution >= 0.6 is 0 Å². The van der Waals surface area contributed by atoms with Gasteiger partial charge in [-0.1, -0.05) is 6.08 Å². The molecule has 94 valence electrons. The fourth-order valence-corrected chi connectivity index (χ4v) is 2.35. The highest BCUT2D eigenvalue weighted by Gasteiger charge is 2.19. The average Bonchev–Trinajstić information content (AvgIpc) is 2.76. The van der Waals surface area contributed by atoms with Crippen molar-refractivity contribution < 1.29 is 0 Å². The minimum Gasteiger partial charge on any atom is -0.325 e. The lowest BCUT2D eigenvalue weighted by molar-refractivity contribution is 0.446. The lowest BCUT2D eigenvalue weighted by Gasteiger charge is -2.19. The molecule has 1 aromatic heterocycles. The van der Waals surface area contributed by atoms with Gasteiger partial charge in [0, 0.05) is 23.9 Å². The van der Waals surface area contributed by atoms with E-state index in [1.165, 1.54) is 0 Å². The van der Waals surface area contributed by atoms with Crippen molar-refractivity contribution in [2.24, 2.45) is 4.99 Å². The SMILES string of the molecule is C1=CCC(c2nnc(C3CCNCC3)[nH]2)=CN=C1. The van der Waals surface area contributed by atoms with E-state index in [1.807, 2.05) is 12.3 Å². The van der Waals surface area contributed by atoms with E-state index < -0.39 is 0 Å². The molecule has 0 bridgehead atoms. The molecule has 1 aromatic rings. The lowest BCUT2D eigenvalue weighted by Crippen LogP contribution is -2.27. The summed E-state index contributed by atoms with van der Waals surface area (Å²) in [5, 5.41) is 11.9. The first-order valence-electron chi connectivity index (χ1n) is 6.44. The van der Waals surface area contributed by atoms with E-state index in [0.717, 1.165) is 49.6 Å². The number of hydrogen-bond donors (Lipinski definition) is 2. The molecular formula is C13H17N5. The molecule has 5 nitrogen and oxygen atoms in total. The molecule has 0 aliphatic carbocycles. The summed E-state index contributed by atoms with van der Waals surface area (Å²) in [5.74, 6) is 2.38. The molecule has 0 amide bonds. The zero-order valence-electron chi connectivity index (χ0n) is 10.3. The van der Waals surface area contributed by atoms with Crippen LogP contribution in [0.4, 0.5) is 0 Å². The van der Waals surface area contributed by atoms with E-state index in [0.29, 0.717) is 5.92 Å². The average molecular weight is 243 g/mol. The number of nitrogens with one attached hydrogen (secondary N) is 2. The van der Waals surface area contributed by atoms with Crippen LogP contribution in [0.1, 0.15) is 36.8 Å². The second-order valence-corrected chi connectivity index (χ2v) is 4.67. The zero-order chi connectivity index (χ0) is 12.2. The molecule has 5 heteroatoms. The number of aromatic nitrogens is 3. The van der Waals surface area contributed by atoms with Crippen molar-refractivity contribution in [3.63, 3.8) is 0 Å². The Morgan fingerprint density at radius 3 is 2.94 bits per heavy atom. The number of aliphatic imine (C=N–C) groups is 1. The number of nitrogens with zero attached hydrogens (tertiary/aromatic N) is 3. The van der Waals surface area contributed by atoms with Crippen LogP contribution < -0.4 is 5.32 Å². The summed E-state index contributed by atoms with van der Waals surface area (Å²) in [5.41, 5.74) is 1.09. The van der Waals surface area contributed by atoms with Crippen LogP contribution in [0, 0.1) is 0 Å². The number of aromatic amines is 1. The molecule has 0 spiro atoms. The van der Waals surface area contributed by atoms with Gasteiger partial charge in [-0.05, 0) is 38.4 Å². The first-order valence-corrected chi connectivity index (χ1v) is 6.44. The van der Waals surface area contributed by atoms with Crippen molar-refractivity contribution in [1.82, 2.24) is 20.5 Å². The van der Waals surface area contributed by atoms with Gasteiger partial charge >= 0.3 is 0 Å². The fourth-order valence-electron chi connectivity index (χ4n) is 2.35. The van der Waals surface area contributed by atoms with Gasteiger partial charge in [-0.25, -0.2) is 0 Å². The lowest BCUT2D eigenvalue weighted by atomic mass is 9.98. The third-order valence-electron chi connectivity index (χ3n) is 3.41. The Kier molecular flexibility index (Phi) is 3.32. The van der Waals surface area contributed by atoms with Gasteiger partial charge in [0.25, 0.3) is 0 Å².